The van der Waals surface area contributed by atoms with E-state index in [0.717, 1.165) is 12.2 Å². The van der Waals surface area contributed by atoms with E-state index in [9.17, 15) is 14.4 Å². The Bertz CT molecular complexity index is 1380. The number of para-hydroxylation sites is 1. The molecule has 2 fully saturated rings. The molecule has 0 aromatic heterocycles. The molecular formula is C32H36ClN5O3. The van der Waals surface area contributed by atoms with Crippen LogP contribution < -0.4 is 16.0 Å². The number of carbonyl (C=O) groups excluding carboxylic acids is 3. The fourth-order valence-electron chi connectivity index (χ4n) is 5.94. The molecule has 5 rings (SSSR count). The molecule has 2 aliphatic heterocycles. The summed E-state index contributed by atoms with van der Waals surface area (Å²) in [5, 5.41) is 3.89. The Kier molecular flexibility index (Phi) is 8.90. The van der Waals surface area contributed by atoms with Gasteiger partial charge in [-0.2, -0.15) is 0 Å². The van der Waals surface area contributed by atoms with Gasteiger partial charge in [0.05, 0.1) is 6.67 Å². The topological polar surface area (TPSA) is 99.0 Å². The van der Waals surface area contributed by atoms with Gasteiger partial charge in [-0.1, -0.05) is 66.2 Å². The van der Waals surface area contributed by atoms with Crippen molar-refractivity contribution in [2.75, 3.05) is 37.7 Å². The molecule has 41 heavy (non-hydrogen) atoms. The van der Waals surface area contributed by atoms with Crippen LogP contribution >= 0.6 is 11.6 Å². The maximum absolute atomic E-state index is 13.9. The number of carbonyl (C=O) groups is 3. The van der Waals surface area contributed by atoms with E-state index in [2.05, 4.69) is 22.3 Å². The molecule has 3 aromatic carbocycles. The average molecular weight is 574 g/mol. The van der Waals surface area contributed by atoms with Gasteiger partial charge in [-0.05, 0) is 54.7 Å². The molecular weight excluding hydrogens is 538 g/mol. The molecule has 214 valence electrons. The lowest BCUT2D eigenvalue weighted by molar-refractivity contribution is -0.138. The van der Waals surface area contributed by atoms with Gasteiger partial charge in [-0.3, -0.25) is 14.4 Å². The normalized spacial score (nSPS) is 16.4. The lowest BCUT2D eigenvalue weighted by Crippen LogP contribution is -2.57. The first-order valence-corrected chi connectivity index (χ1v) is 14.5. The van der Waals surface area contributed by atoms with Crippen LogP contribution in [0.25, 0.3) is 0 Å². The van der Waals surface area contributed by atoms with Gasteiger partial charge < -0.3 is 25.8 Å². The number of rotatable bonds is 10. The molecule has 2 heterocycles. The van der Waals surface area contributed by atoms with E-state index in [1.165, 1.54) is 5.56 Å². The van der Waals surface area contributed by atoms with Gasteiger partial charge >= 0.3 is 0 Å². The summed E-state index contributed by atoms with van der Waals surface area (Å²) in [5.74, 6) is -0.429. The second kappa shape index (κ2) is 12.7. The second-order valence-corrected chi connectivity index (χ2v) is 11.2. The maximum atomic E-state index is 13.9. The van der Waals surface area contributed by atoms with Crippen molar-refractivity contribution < 1.29 is 14.4 Å². The molecule has 0 saturated carbocycles. The van der Waals surface area contributed by atoms with Gasteiger partial charge in [0.1, 0.15) is 5.54 Å². The number of anilines is 1. The minimum Gasteiger partial charge on any atom is -0.366 e. The lowest BCUT2D eigenvalue weighted by Gasteiger charge is -2.43. The molecule has 3 aromatic rings. The van der Waals surface area contributed by atoms with Crippen molar-refractivity contribution in [3.63, 3.8) is 0 Å². The molecule has 0 atom stereocenters. The highest BCUT2D eigenvalue weighted by molar-refractivity contribution is 6.31. The number of primary amides is 1. The van der Waals surface area contributed by atoms with E-state index < -0.39 is 11.4 Å². The van der Waals surface area contributed by atoms with E-state index in [-0.39, 0.29) is 18.2 Å². The average Bonchev–Trinajstić information content (AvgIpc) is 3.26. The van der Waals surface area contributed by atoms with Gasteiger partial charge in [0.15, 0.2) is 0 Å². The smallest absolute Gasteiger partial charge is 0.250 e. The third kappa shape index (κ3) is 6.39. The van der Waals surface area contributed by atoms with Crippen LogP contribution in [0.3, 0.4) is 0 Å². The van der Waals surface area contributed by atoms with Crippen molar-refractivity contribution in [2.24, 2.45) is 5.73 Å². The van der Waals surface area contributed by atoms with Crippen LogP contribution in [-0.2, 0) is 22.6 Å². The zero-order valence-electron chi connectivity index (χ0n) is 23.1. The van der Waals surface area contributed by atoms with Crippen molar-refractivity contribution >= 4 is 35.0 Å². The Hall–Kier alpha value is -3.88. The number of likely N-dealkylation sites (tertiary alicyclic amines) is 1. The van der Waals surface area contributed by atoms with Gasteiger partial charge in [-0.25, -0.2) is 0 Å². The number of benzene rings is 3. The highest BCUT2D eigenvalue weighted by Gasteiger charge is 2.53. The third-order valence-electron chi connectivity index (χ3n) is 8.20. The maximum Gasteiger partial charge on any atom is 0.250 e. The van der Waals surface area contributed by atoms with Crippen LogP contribution in [0.15, 0.2) is 78.9 Å². The number of hydrogen-bond donors (Lipinski definition) is 2. The molecule has 1 spiro atoms. The Morgan fingerprint density at radius 3 is 2.32 bits per heavy atom. The molecule has 0 aliphatic carbocycles. The minimum atomic E-state index is -0.674. The lowest BCUT2D eigenvalue weighted by atomic mass is 9.85. The molecule has 8 nitrogen and oxygen atoms in total. The van der Waals surface area contributed by atoms with E-state index in [1.54, 1.807) is 18.2 Å². The van der Waals surface area contributed by atoms with Crippen LogP contribution in [-0.4, -0.2) is 65.9 Å². The molecule has 0 bridgehead atoms. The van der Waals surface area contributed by atoms with E-state index in [4.69, 9.17) is 17.3 Å². The molecule has 0 radical (unpaired) electrons. The zero-order chi connectivity index (χ0) is 28.8. The summed E-state index contributed by atoms with van der Waals surface area (Å²) in [7, 11) is 0. The summed E-state index contributed by atoms with van der Waals surface area (Å²) < 4.78 is 0. The number of piperidine rings is 1. The summed E-state index contributed by atoms with van der Waals surface area (Å²) in [6.07, 6.45) is 1.78. The van der Waals surface area contributed by atoms with Crippen LogP contribution in [0.2, 0.25) is 5.02 Å². The third-order valence-corrected chi connectivity index (χ3v) is 8.44. The highest BCUT2D eigenvalue weighted by atomic mass is 35.5. The standard InChI is InChI=1S/C32H36ClN5O3/c33-26-13-11-25(28(21-26)30(34)40)12-14-29(39)36-18-15-32(16-19-36)31(41)37(23-38(32)27-9-5-2-6-10-27)20-17-35-22-24-7-3-1-4-8-24/h1-11,13,21,35H,12,14-20,22-23H2,(H2,34,40). The predicted molar refractivity (Wildman–Crippen MR) is 160 cm³/mol. The van der Waals surface area contributed by atoms with Gasteiger partial charge in [0.2, 0.25) is 17.7 Å². The van der Waals surface area contributed by atoms with Crippen molar-refractivity contribution in [1.29, 1.82) is 0 Å². The molecule has 3 N–H and O–H groups in total. The number of hydrogen-bond acceptors (Lipinski definition) is 5. The van der Waals surface area contributed by atoms with E-state index >= 15 is 0 Å². The van der Waals surface area contributed by atoms with E-state index in [1.807, 2.05) is 58.3 Å². The van der Waals surface area contributed by atoms with Gasteiger partial charge in [0, 0.05) is 55.4 Å². The van der Waals surface area contributed by atoms with Crippen LogP contribution in [0, 0.1) is 0 Å². The van der Waals surface area contributed by atoms with Gasteiger partial charge in [-0.15, -0.1) is 0 Å². The first-order valence-electron chi connectivity index (χ1n) is 14.1. The molecule has 0 unspecified atom stereocenters. The second-order valence-electron chi connectivity index (χ2n) is 10.7. The Labute approximate surface area is 246 Å². The first kappa shape index (κ1) is 28.6. The number of amides is 3. The molecule has 2 aliphatic rings. The quantitative estimate of drug-likeness (QED) is 0.359. The monoisotopic (exact) mass is 573 g/mol. The zero-order valence-corrected chi connectivity index (χ0v) is 23.9. The van der Waals surface area contributed by atoms with Crippen LogP contribution in [0.4, 0.5) is 5.69 Å². The van der Waals surface area contributed by atoms with Crippen molar-refractivity contribution in [3.05, 3.63) is 101 Å². The Morgan fingerprint density at radius 1 is 0.951 bits per heavy atom. The highest BCUT2D eigenvalue weighted by Crippen LogP contribution is 2.39. The van der Waals surface area contributed by atoms with E-state index in [0.29, 0.717) is 68.3 Å². The van der Waals surface area contributed by atoms with Crippen molar-refractivity contribution in [3.8, 4) is 0 Å². The van der Waals surface area contributed by atoms with Crippen molar-refractivity contribution in [2.45, 2.75) is 37.8 Å². The largest absolute Gasteiger partial charge is 0.366 e. The summed E-state index contributed by atoms with van der Waals surface area (Å²) in [5.41, 5.74) is 8.12. The fraction of sp³-hybridized carbons (Fsp3) is 0.344. The van der Waals surface area contributed by atoms with Crippen molar-refractivity contribution in [1.82, 2.24) is 15.1 Å². The number of nitrogens with one attached hydrogen (secondary N) is 1. The Balaban J connectivity index is 1.22. The summed E-state index contributed by atoms with van der Waals surface area (Å²) >= 11 is 6.02. The molecule has 3 amide bonds. The predicted octanol–water partition coefficient (Wildman–Crippen LogP) is 3.83. The summed E-state index contributed by atoms with van der Waals surface area (Å²) in [6, 6.07) is 25.3. The number of nitrogens with two attached hydrogens (primary N) is 1. The Morgan fingerprint density at radius 2 is 1.63 bits per heavy atom. The summed E-state index contributed by atoms with van der Waals surface area (Å²) in [4.78, 5) is 45.0. The number of halogens is 1. The number of aryl methyl sites for hydroxylation is 1. The van der Waals surface area contributed by atoms with Crippen LogP contribution in [0.5, 0.6) is 0 Å². The number of nitrogens with zero attached hydrogens (tertiary/aromatic N) is 3. The molecule has 9 heteroatoms. The minimum absolute atomic E-state index is 0.00361. The summed E-state index contributed by atoms with van der Waals surface area (Å²) in [6.45, 7) is 3.58. The van der Waals surface area contributed by atoms with Crippen LogP contribution in [0.1, 0.15) is 40.7 Å². The van der Waals surface area contributed by atoms with Gasteiger partial charge in [0.25, 0.3) is 0 Å². The fourth-order valence-corrected chi connectivity index (χ4v) is 6.11. The molecule has 2 saturated heterocycles. The SMILES string of the molecule is NC(=O)c1cc(Cl)ccc1CCC(=O)N1CCC2(CC1)C(=O)N(CCNCc1ccccc1)CN2c1ccccc1. The first-order chi connectivity index (χ1) is 19.9.